The van der Waals surface area contributed by atoms with Crippen LogP contribution in [-0.2, 0) is 4.79 Å². The van der Waals surface area contributed by atoms with Gasteiger partial charge in [-0.2, -0.15) is 18.4 Å². The van der Waals surface area contributed by atoms with Crippen LogP contribution >= 0.6 is 0 Å². The molecule has 1 aromatic rings. The lowest BCUT2D eigenvalue weighted by Crippen LogP contribution is -2.21. The first-order chi connectivity index (χ1) is 7.29. The summed E-state index contributed by atoms with van der Waals surface area (Å²) in [7, 11) is 0. The van der Waals surface area contributed by atoms with E-state index < -0.39 is 12.1 Å². The molecule has 0 radical (unpaired) electrons. The number of carboxylic acids is 1. The summed E-state index contributed by atoms with van der Waals surface area (Å²) < 4.78 is 31.7. The van der Waals surface area contributed by atoms with E-state index in [2.05, 4.69) is 4.98 Å². The molecule has 16 heavy (non-hydrogen) atoms. The van der Waals surface area contributed by atoms with Gasteiger partial charge in [-0.25, -0.2) is 4.79 Å². The van der Waals surface area contributed by atoms with Crippen LogP contribution in [-0.4, -0.2) is 22.2 Å². The van der Waals surface area contributed by atoms with E-state index in [-0.39, 0.29) is 0 Å². The molecule has 1 aromatic heterocycles. The molecule has 86 valence electrons. The zero-order valence-corrected chi connectivity index (χ0v) is 8.12. The highest BCUT2D eigenvalue weighted by Gasteiger charge is 2.38. The van der Waals surface area contributed by atoms with Gasteiger partial charge in [0.1, 0.15) is 6.07 Å². The van der Waals surface area contributed by atoms with Gasteiger partial charge in [-0.1, -0.05) is 0 Å². The fourth-order valence-electron chi connectivity index (χ4n) is 0.602. The van der Waals surface area contributed by atoms with Gasteiger partial charge >= 0.3 is 12.1 Å². The van der Waals surface area contributed by atoms with Gasteiger partial charge in [0.15, 0.2) is 0 Å². The van der Waals surface area contributed by atoms with Crippen molar-refractivity contribution in [2.75, 3.05) is 0 Å². The Kier molecular flexibility index (Phi) is 4.95. The van der Waals surface area contributed by atoms with Crippen LogP contribution < -0.4 is 0 Å². The highest BCUT2D eigenvalue weighted by atomic mass is 19.4. The van der Waals surface area contributed by atoms with Crippen molar-refractivity contribution in [2.45, 2.75) is 13.1 Å². The van der Waals surface area contributed by atoms with Gasteiger partial charge in [0, 0.05) is 6.20 Å². The maximum Gasteiger partial charge on any atom is 0.490 e. The Labute approximate surface area is 89.0 Å². The Hall–Kier alpha value is -2.10. The van der Waals surface area contributed by atoms with Gasteiger partial charge in [0.25, 0.3) is 0 Å². The lowest BCUT2D eigenvalue weighted by atomic mass is 10.2. The molecule has 0 aliphatic rings. The minimum absolute atomic E-state index is 0.650. The third-order valence-electron chi connectivity index (χ3n) is 1.37. The lowest BCUT2D eigenvalue weighted by Gasteiger charge is -1.93. The number of carbonyl (C=O) groups is 1. The van der Waals surface area contributed by atoms with Gasteiger partial charge in [-0.05, 0) is 19.1 Å². The van der Waals surface area contributed by atoms with Gasteiger partial charge in [0.2, 0.25) is 0 Å². The van der Waals surface area contributed by atoms with Crippen molar-refractivity contribution in [3.8, 4) is 6.07 Å². The van der Waals surface area contributed by atoms with E-state index >= 15 is 0 Å². The Morgan fingerprint density at radius 3 is 2.31 bits per heavy atom. The molecule has 0 fully saturated rings. The van der Waals surface area contributed by atoms with Crippen LogP contribution in [0.3, 0.4) is 0 Å². The largest absolute Gasteiger partial charge is 0.490 e. The smallest absolute Gasteiger partial charge is 0.475 e. The normalized spacial score (nSPS) is 9.69. The summed E-state index contributed by atoms with van der Waals surface area (Å²) in [6.45, 7) is 1.82. The Balaban J connectivity index is 0.000000293. The van der Waals surface area contributed by atoms with E-state index in [1.54, 1.807) is 18.3 Å². The molecule has 7 heteroatoms. The summed E-state index contributed by atoms with van der Waals surface area (Å²) in [5.74, 6) is -2.76. The second-order valence-corrected chi connectivity index (χ2v) is 2.55. The third kappa shape index (κ3) is 4.95. The van der Waals surface area contributed by atoms with E-state index in [9.17, 15) is 13.2 Å². The number of aryl methyl sites for hydroxylation is 1. The van der Waals surface area contributed by atoms with Gasteiger partial charge in [-0.15, -0.1) is 0 Å². The standard InChI is InChI=1S/C7H6N2.C2HF3O2/c1-6-7(5-8)3-2-4-9-6;3-2(4,5)1(6)7/h2-4H,1H3;(H,6,7). The molecule has 0 aliphatic heterocycles. The number of hydrogen-bond donors (Lipinski definition) is 1. The lowest BCUT2D eigenvalue weighted by molar-refractivity contribution is -0.192. The topological polar surface area (TPSA) is 74.0 Å². The molecular formula is C9H7F3N2O2. The highest BCUT2D eigenvalue weighted by molar-refractivity contribution is 5.73. The zero-order valence-electron chi connectivity index (χ0n) is 8.12. The molecule has 0 aliphatic carbocycles. The molecule has 0 bridgehead atoms. The van der Waals surface area contributed by atoms with E-state index in [0.29, 0.717) is 5.56 Å². The maximum atomic E-state index is 10.6. The number of halogens is 3. The summed E-state index contributed by atoms with van der Waals surface area (Å²) in [5.41, 5.74) is 1.44. The van der Waals surface area contributed by atoms with Crippen LogP contribution in [0.25, 0.3) is 0 Å². The fraction of sp³-hybridized carbons (Fsp3) is 0.222. The number of nitriles is 1. The number of hydrogen-bond acceptors (Lipinski definition) is 3. The number of carboxylic acid groups (broad SMARTS) is 1. The molecule has 0 aromatic carbocycles. The van der Waals surface area contributed by atoms with E-state index in [1.807, 2.05) is 13.0 Å². The minimum Gasteiger partial charge on any atom is -0.475 e. The summed E-state index contributed by atoms with van der Waals surface area (Å²) in [5, 5.41) is 15.6. The number of aromatic nitrogens is 1. The second kappa shape index (κ2) is 5.70. The molecule has 0 amide bonds. The minimum atomic E-state index is -5.08. The van der Waals surface area contributed by atoms with E-state index in [0.717, 1.165) is 5.69 Å². The van der Waals surface area contributed by atoms with Crippen molar-refractivity contribution in [3.63, 3.8) is 0 Å². The van der Waals surface area contributed by atoms with Gasteiger partial charge < -0.3 is 5.11 Å². The van der Waals surface area contributed by atoms with Crippen LogP contribution in [0.4, 0.5) is 13.2 Å². The van der Waals surface area contributed by atoms with Crippen molar-refractivity contribution in [2.24, 2.45) is 0 Å². The molecule has 4 nitrogen and oxygen atoms in total. The predicted molar refractivity (Wildman–Crippen MR) is 47.4 cm³/mol. The Morgan fingerprint density at radius 2 is 2.06 bits per heavy atom. The molecule has 0 saturated heterocycles. The van der Waals surface area contributed by atoms with Crippen LogP contribution in [0.5, 0.6) is 0 Å². The van der Waals surface area contributed by atoms with E-state index in [1.165, 1.54) is 0 Å². The molecule has 0 atom stereocenters. The predicted octanol–water partition coefficient (Wildman–Crippen LogP) is 1.90. The first kappa shape index (κ1) is 13.9. The van der Waals surface area contributed by atoms with Crippen LogP contribution in [0.15, 0.2) is 18.3 Å². The monoisotopic (exact) mass is 232 g/mol. The van der Waals surface area contributed by atoms with Crippen LogP contribution in [0, 0.1) is 18.3 Å². The van der Waals surface area contributed by atoms with Crippen molar-refractivity contribution in [3.05, 3.63) is 29.6 Å². The summed E-state index contributed by atoms with van der Waals surface area (Å²) in [6, 6.07) is 5.54. The molecule has 0 spiro atoms. The van der Waals surface area contributed by atoms with Crippen LogP contribution in [0.1, 0.15) is 11.3 Å². The second-order valence-electron chi connectivity index (χ2n) is 2.55. The van der Waals surface area contributed by atoms with Crippen molar-refractivity contribution < 1.29 is 23.1 Å². The molecule has 1 rings (SSSR count). The first-order valence-corrected chi connectivity index (χ1v) is 3.91. The molecule has 1 N–H and O–H groups in total. The number of alkyl halides is 3. The van der Waals surface area contributed by atoms with Crippen LogP contribution in [0.2, 0.25) is 0 Å². The first-order valence-electron chi connectivity index (χ1n) is 3.91. The number of rotatable bonds is 0. The fourth-order valence-corrected chi connectivity index (χ4v) is 0.602. The third-order valence-corrected chi connectivity index (χ3v) is 1.37. The number of aliphatic carboxylic acids is 1. The summed E-state index contributed by atoms with van der Waals surface area (Å²) >= 11 is 0. The van der Waals surface area contributed by atoms with Crippen molar-refractivity contribution in [1.82, 2.24) is 4.98 Å². The molecule has 0 saturated carbocycles. The average Bonchev–Trinajstić information content (AvgIpc) is 2.18. The molecular weight excluding hydrogens is 225 g/mol. The highest BCUT2D eigenvalue weighted by Crippen LogP contribution is 2.13. The quantitative estimate of drug-likeness (QED) is 0.741. The van der Waals surface area contributed by atoms with Gasteiger partial charge in [-0.3, -0.25) is 4.98 Å². The number of nitrogens with zero attached hydrogens (tertiary/aromatic N) is 2. The average molecular weight is 232 g/mol. The Bertz CT molecular complexity index is 410. The maximum absolute atomic E-state index is 10.6. The molecule has 0 unspecified atom stereocenters. The van der Waals surface area contributed by atoms with Gasteiger partial charge in [0.05, 0.1) is 11.3 Å². The summed E-state index contributed by atoms with van der Waals surface area (Å²) in [4.78, 5) is 12.8. The van der Waals surface area contributed by atoms with Crippen molar-refractivity contribution >= 4 is 5.97 Å². The zero-order chi connectivity index (χ0) is 12.8. The molecule has 1 heterocycles. The van der Waals surface area contributed by atoms with Crippen molar-refractivity contribution in [1.29, 1.82) is 5.26 Å². The summed E-state index contributed by atoms with van der Waals surface area (Å²) in [6.07, 6.45) is -3.41. The Morgan fingerprint density at radius 1 is 1.56 bits per heavy atom. The van der Waals surface area contributed by atoms with E-state index in [4.69, 9.17) is 15.2 Å². The SMILES string of the molecule is Cc1ncccc1C#N.O=C(O)C(F)(F)F. The number of pyridine rings is 1.